The number of furan rings is 1. The number of nitrogens with one attached hydrogen (secondary N) is 2. The number of imide groups is 1. The highest BCUT2D eigenvalue weighted by Gasteiger charge is 2.39. The molecule has 4 aromatic rings. The van der Waals surface area contributed by atoms with E-state index in [0.717, 1.165) is 22.2 Å². The minimum atomic E-state index is -0.520. The highest BCUT2D eigenvalue weighted by molar-refractivity contribution is 8.04. The standard InChI is InChI=1S/C30H24FN3O4S/c31-21-12-14-22(15-13-21)33-27-28(30(37)34(29(27)36)19-24-9-5-17-38-24)39-25-10-4-8-23(18-25)32-26(35)16-11-20-6-2-1-3-7-20/h1-10,12-15,17-18,33H,11,16,19H2,(H,32,35). The molecule has 0 fully saturated rings. The van der Waals surface area contributed by atoms with Gasteiger partial charge in [0.25, 0.3) is 11.8 Å². The van der Waals surface area contributed by atoms with Gasteiger partial charge in [0.2, 0.25) is 5.91 Å². The second-order valence-electron chi connectivity index (χ2n) is 8.78. The lowest BCUT2D eigenvalue weighted by Crippen LogP contribution is -2.31. The minimum Gasteiger partial charge on any atom is -0.467 e. The Morgan fingerprint density at radius 3 is 2.41 bits per heavy atom. The molecular formula is C30H24FN3O4S. The maximum Gasteiger partial charge on any atom is 0.278 e. The number of hydrogen-bond acceptors (Lipinski definition) is 6. The molecule has 1 aliphatic heterocycles. The number of rotatable bonds is 10. The fraction of sp³-hybridized carbons (Fsp3) is 0.100. The van der Waals surface area contributed by atoms with Crippen LogP contribution in [0.5, 0.6) is 0 Å². The fourth-order valence-electron chi connectivity index (χ4n) is 4.02. The van der Waals surface area contributed by atoms with E-state index in [0.29, 0.717) is 34.9 Å². The summed E-state index contributed by atoms with van der Waals surface area (Å²) >= 11 is 1.11. The highest BCUT2D eigenvalue weighted by atomic mass is 32.2. The molecule has 1 aliphatic rings. The zero-order valence-electron chi connectivity index (χ0n) is 20.7. The summed E-state index contributed by atoms with van der Waals surface area (Å²) in [7, 11) is 0. The van der Waals surface area contributed by atoms with E-state index in [1.165, 1.54) is 30.5 Å². The molecule has 0 radical (unpaired) electrons. The molecule has 0 unspecified atom stereocenters. The third kappa shape index (κ3) is 6.45. The first-order valence-corrected chi connectivity index (χ1v) is 13.0. The number of carbonyl (C=O) groups excluding carboxylic acids is 3. The normalized spacial score (nSPS) is 13.2. The van der Waals surface area contributed by atoms with Gasteiger partial charge in [0.05, 0.1) is 12.8 Å². The van der Waals surface area contributed by atoms with Crippen LogP contribution in [0.4, 0.5) is 15.8 Å². The summed E-state index contributed by atoms with van der Waals surface area (Å²) in [6, 6.07) is 25.7. The van der Waals surface area contributed by atoms with Gasteiger partial charge in [-0.25, -0.2) is 4.39 Å². The van der Waals surface area contributed by atoms with E-state index >= 15 is 0 Å². The van der Waals surface area contributed by atoms with Crippen molar-refractivity contribution in [2.45, 2.75) is 24.3 Å². The fourth-order valence-corrected chi connectivity index (χ4v) is 5.03. The second kappa shape index (κ2) is 11.8. The number of halogens is 1. The largest absolute Gasteiger partial charge is 0.467 e. The molecular weight excluding hydrogens is 517 g/mol. The number of carbonyl (C=O) groups is 3. The minimum absolute atomic E-state index is 0.0269. The molecule has 3 aromatic carbocycles. The van der Waals surface area contributed by atoms with Crippen LogP contribution in [0.1, 0.15) is 17.7 Å². The van der Waals surface area contributed by atoms with Crippen LogP contribution in [0.15, 0.2) is 117 Å². The Labute approximate surface area is 228 Å². The van der Waals surface area contributed by atoms with Crippen molar-refractivity contribution >= 4 is 40.9 Å². The Balaban J connectivity index is 1.34. The third-order valence-corrected chi connectivity index (χ3v) is 7.03. The SMILES string of the molecule is O=C(CCc1ccccc1)Nc1cccc(SC2=C(Nc3ccc(F)cc3)C(=O)N(Cc3ccco3)C2=O)c1. The van der Waals surface area contributed by atoms with Gasteiger partial charge in [-0.1, -0.05) is 48.2 Å². The van der Waals surface area contributed by atoms with Gasteiger partial charge < -0.3 is 15.1 Å². The van der Waals surface area contributed by atoms with Crippen LogP contribution in [0.3, 0.4) is 0 Å². The summed E-state index contributed by atoms with van der Waals surface area (Å²) in [5, 5.41) is 5.89. The lowest BCUT2D eigenvalue weighted by molar-refractivity contribution is -0.138. The van der Waals surface area contributed by atoms with Gasteiger partial charge in [-0.3, -0.25) is 19.3 Å². The van der Waals surface area contributed by atoms with Crippen molar-refractivity contribution in [3.63, 3.8) is 0 Å². The molecule has 0 saturated carbocycles. The smallest absolute Gasteiger partial charge is 0.278 e. The number of anilines is 2. The lowest BCUT2D eigenvalue weighted by atomic mass is 10.1. The molecule has 0 saturated heterocycles. The Bertz CT molecular complexity index is 1520. The van der Waals surface area contributed by atoms with Crippen molar-refractivity contribution in [3.05, 3.63) is 125 Å². The van der Waals surface area contributed by atoms with Crippen LogP contribution in [0, 0.1) is 5.82 Å². The summed E-state index contributed by atoms with van der Waals surface area (Å²) in [6.07, 6.45) is 2.42. The van der Waals surface area contributed by atoms with E-state index in [2.05, 4.69) is 10.6 Å². The van der Waals surface area contributed by atoms with Crippen molar-refractivity contribution in [1.82, 2.24) is 4.90 Å². The van der Waals surface area contributed by atoms with Crippen molar-refractivity contribution < 1.29 is 23.2 Å². The van der Waals surface area contributed by atoms with Gasteiger partial charge in [-0.2, -0.15) is 0 Å². The molecule has 9 heteroatoms. The van der Waals surface area contributed by atoms with Gasteiger partial charge >= 0.3 is 0 Å². The van der Waals surface area contributed by atoms with E-state index in [-0.39, 0.29) is 23.1 Å². The second-order valence-corrected chi connectivity index (χ2v) is 9.86. The first-order chi connectivity index (χ1) is 19.0. The molecule has 39 heavy (non-hydrogen) atoms. The summed E-state index contributed by atoms with van der Waals surface area (Å²) in [5.74, 6) is -1.09. The Kier molecular flexibility index (Phi) is 7.88. The maximum atomic E-state index is 13.4. The number of nitrogens with zero attached hydrogens (tertiary/aromatic N) is 1. The Hall–Kier alpha value is -4.63. The lowest BCUT2D eigenvalue weighted by Gasteiger charge is -2.13. The maximum absolute atomic E-state index is 13.4. The van der Waals surface area contributed by atoms with Gasteiger partial charge in [-0.15, -0.1) is 0 Å². The van der Waals surface area contributed by atoms with E-state index < -0.39 is 17.6 Å². The van der Waals surface area contributed by atoms with Crippen molar-refractivity contribution in [3.8, 4) is 0 Å². The predicted octanol–water partition coefficient (Wildman–Crippen LogP) is 5.97. The van der Waals surface area contributed by atoms with Crippen LogP contribution in [-0.4, -0.2) is 22.6 Å². The molecule has 2 N–H and O–H groups in total. The summed E-state index contributed by atoms with van der Waals surface area (Å²) in [6.45, 7) is -0.0269. The molecule has 5 rings (SSSR count). The number of thioether (sulfide) groups is 1. The Morgan fingerprint density at radius 2 is 1.67 bits per heavy atom. The topological polar surface area (TPSA) is 91.7 Å². The molecule has 0 spiro atoms. The first-order valence-electron chi connectivity index (χ1n) is 12.2. The van der Waals surface area contributed by atoms with Crippen molar-refractivity contribution in [2.75, 3.05) is 10.6 Å². The highest BCUT2D eigenvalue weighted by Crippen LogP contribution is 2.37. The van der Waals surface area contributed by atoms with Gasteiger partial charge in [0.1, 0.15) is 22.2 Å². The van der Waals surface area contributed by atoms with Crippen LogP contribution >= 0.6 is 11.8 Å². The average molecular weight is 542 g/mol. The predicted molar refractivity (Wildman–Crippen MR) is 147 cm³/mol. The van der Waals surface area contributed by atoms with E-state index in [1.807, 2.05) is 30.3 Å². The zero-order valence-corrected chi connectivity index (χ0v) is 21.5. The van der Waals surface area contributed by atoms with Crippen LogP contribution in [0.2, 0.25) is 0 Å². The van der Waals surface area contributed by atoms with Crippen molar-refractivity contribution in [1.29, 1.82) is 0 Å². The number of hydrogen-bond donors (Lipinski definition) is 2. The van der Waals surface area contributed by atoms with Crippen LogP contribution in [-0.2, 0) is 27.3 Å². The molecule has 3 amide bonds. The summed E-state index contributed by atoms with van der Waals surface area (Å²) in [4.78, 5) is 41.2. The molecule has 2 heterocycles. The van der Waals surface area contributed by atoms with E-state index in [4.69, 9.17) is 4.42 Å². The number of aryl methyl sites for hydroxylation is 1. The molecule has 7 nitrogen and oxygen atoms in total. The van der Waals surface area contributed by atoms with Crippen molar-refractivity contribution in [2.24, 2.45) is 0 Å². The molecule has 0 bridgehead atoms. The monoisotopic (exact) mass is 541 g/mol. The zero-order chi connectivity index (χ0) is 27.2. The van der Waals surface area contributed by atoms with Crippen LogP contribution in [0.25, 0.3) is 0 Å². The van der Waals surface area contributed by atoms with Gasteiger partial charge in [0, 0.05) is 22.7 Å². The first kappa shape index (κ1) is 26.0. The van der Waals surface area contributed by atoms with Crippen LogP contribution < -0.4 is 10.6 Å². The number of amides is 3. The van der Waals surface area contributed by atoms with E-state index in [1.54, 1.807) is 36.4 Å². The number of benzene rings is 3. The third-order valence-electron chi connectivity index (χ3n) is 5.95. The van der Waals surface area contributed by atoms with Gasteiger partial charge in [0.15, 0.2) is 0 Å². The molecule has 196 valence electrons. The van der Waals surface area contributed by atoms with E-state index in [9.17, 15) is 18.8 Å². The summed E-state index contributed by atoms with van der Waals surface area (Å²) in [5.41, 5.74) is 2.20. The van der Waals surface area contributed by atoms with Gasteiger partial charge in [-0.05, 0) is 66.6 Å². The molecule has 0 atom stereocenters. The quantitative estimate of drug-likeness (QED) is 0.240. The molecule has 1 aromatic heterocycles. The molecule has 0 aliphatic carbocycles. The summed E-state index contributed by atoms with van der Waals surface area (Å²) < 4.78 is 18.8. The average Bonchev–Trinajstić information content (AvgIpc) is 3.53. The Morgan fingerprint density at radius 1 is 0.872 bits per heavy atom.